The monoisotopic (exact) mass is 551 g/mol. The lowest BCUT2D eigenvalue weighted by Gasteiger charge is -2.32. The number of benzene rings is 1. The molecule has 1 saturated heterocycles. The van der Waals surface area contributed by atoms with E-state index >= 15 is 0 Å². The van der Waals surface area contributed by atoms with Crippen LogP contribution in [0.25, 0.3) is 0 Å². The zero-order valence-corrected chi connectivity index (χ0v) is 21.8. The largest absolute Gasteiger partial charge is 0.534 e. The van der Waals surface area contributed by atoms with E-state index in [1.165, 1.54) is 4.90 Å². The second-order valence-corrected chi connectivity index (χ2v) is 10.9. The number of aryl methyl sites for hydroxylation is 1. The van der Waals surface area contributed by atoms with Crippen molar-refractivity contribution in [1.29, 1.82) is 0 Å². The molecule has 1 aromatic rings. The zero-order chi connectivity index (χ0) is 27.2. The molecule has 0 aromatic heterocycles. The van der Waals surface area contributed by atoms with E-state index in [0.29, 0.717) is 62.9 Å². The molecule has 12 heteroatoms. The van der Waals surface area contributed by atoms with Crippen LogP contribution in [0.1, 0.15) is 75.3 Å². The van der Waals surface area contributed by atoms with Gasteiger partial charge in [0.1, 0.15) is 18.1 Å². The molecule has 0 N–H and O–H groups in total. The Labute approximate surface area is 214 Å². The summed E-state index contributed by atoms with van der Waals surface area (Å²) >= 11 is 0. The molecular formula is C25H33F4NO6S. The molecule has 1 heterocycles. The van der Waals surface area contributed by atoms with Crippen LogP contribution in [0.2, 0.25) is 0 Å². The van der Waals surface area contributed by atoms with E-state index in [4.69, 9.17) is 9.47 Å². The number of alkyl halides is 4. The molecule has 1 amide bonds. The molecule has 1 unspecified atom stereocenters. The van der Waals surface area contributed by atoms with Crippen LogP contribution in [0.3, 0.4) is 0 Å². The van der Waals surface area contributed by atoms with Crippen LogP contribution >= 0.6 is 0 Å². The van der Waals surface area contributed by atoms with Crippen molar-refractivity contribution in [3.63, 3.8) is 0 Å². The summed E-state index contributed by atoms with van der Waals surface area (Å²) in [4.78, 5) is 13.6. The van der Waals surface area contributed by atoms with Crippen molar-refractivity contribution in [2.75, 3.05) is 19.7 Å². The van der Waals surface area contributed by atoms with Gasteiger partial charge in [0.25, 0.3) is 0 Å². The van der Waals surface area contributed by atoms with E-state index in [-0.39, 0.29) is 31.1 Å². The van der Waals surface area contributed by atoms with E-state index in [9.17, 15) is 30.8 Å². The SMILES string of the molecule is CCCC(F)OC(=O)N1CCC(c2ccc(OCC3=C(OS(=O)(=O)C(F)(F)F)CCCC3)c(C)c2)CC1. The van der Waals surface area contributed by atoms with Gasteiger partial charge in [0.15, 0.2) is 0 Å². The molecule has 3 rings (SSSR count). The second-order valence-electron chi connectivity index (χ2n) is 9.37. The van der Waals surface area contributed by atoms with Crippen molar-refractivity contribution in [2.24, 2.45) is 0 Å². The van der Waals surface area contributed by atoms with E-state index in [1.54, 1.807) is 6.07 Å². The molecule has 0 bridgehead atoms. The third-order valence-electron chi connectivity index (χ3n) is 6.59. The van der Waals surface area contributed by atoms with Gasteiger partial charge < -0.3 is 18.6 Å². The van der Waals surface area contributed by atoms with Gasteiger partial charge in [-0.3, -0.25) is 0 Å². The Morgan fingerprint density at radius 2 is 1.84 bits per heavy atom. The Morgan fingerprint density at radius 1 is 1.16 bits per heavy atom. The summed E-state index contributed by atoms with van der Waals surface area (Å²) < 4.78 is 89.8. The van der Waals surface area contributed by atoms with Gasteiger partial charge in [0, 0.05) is 31.5 Å². The standard InChI is InChI=1S/C25H33F4NO6S/c1-3-6-23(26)35-24(31)30-13-11-18(12-14-30)19-9-10-21(17(2)15-19)34-16-20-7-4-5-8-22(20)36-37(32,33)25(27,28)29/h9-10,15,18,23H,3-8,11-14,16H2,1-2H3. The smallest absolute Gasteiger partial charge is 0.489 e. The number of amides is 1. The number of carbonyl (C=O) groups excluding carboxylic acids is 1. The Kier molecular flexibility index (Phi) is 9.71. The van der Waals surface area contributed by atoms with Crippen LogP contribution in [0.5, 0.6) is 5.75 Å². The predicted molar refractivity (Wildman–Crippen MR) is 128 cm³/mol. The Balaban J connectivity index is 1.59. The Bertz CT molecular complexity index is 1080. The Hall–Kier alpha value is -2.50. The van der Waals surface area contributed by atoms with Crippen LogP contribution < -0.4 is 4.74 Å². The van der Waals surface area contributed by atoms with Gasteiger partial charge in [-0.1, -0.05) is 19.1 Å². The second kappa shape index (κ2) is 12.4. The minimum absolute atomic E-state index is 0.0724. The van der Waals surface area contributed by atoms with Gasteiger partial charge in [0.2, 0.25) is 6.36 Å². The fourth-order valence-corrected chi connectivity index (χ4v) is 5.05. The number of nitrogens with zero attached hydrogens (tertiary/aromatic N) is 1. The molecule has 37 heavy (non-hydrogen) atoms. The number of piperidine rings is 1. The maximum atomic E-state index is 13.6. The topological polar surface area (TPSA) is 82.1 Å². The van der Waals surface area contributed by atoms with Gasteiger partial charge in [-0.2, -0.15) is 21.6 Å². The highest BCUT2D eigenvalue weighted by Gasteiger charge is 2.49. The van der Waals surface area contributed by atoms with E-state index < -0.39 is 28.1 Å². The first kappa shape index (κ1) is 29.1. The molecule has 1 aromatic carbocycles. The molecule has 7 nitrogen and oxygen atoms in total. The van der Waals surface area contributed by atoms with E-state index in [2.05, 4.69) is 4.18 Å². The maximum absolute atomic E-state index is 13.6. The summed E-state index contributed by atoms with van der Waals surface area (Å²) in [6.07, 6.45) is 1.65. The third kappa shape index (κ3) is 7.75. The van der Waals surface area contributed by atoms with Crippen LogP contribution in [0.15, 0.2) is 29.5 Å². The summed E-state index contributed by atoms with van der Waals surface area (Å²) in [5, 5.41) is 0. The average Bonchev–Trinajstić information content (AvgIpc) is 2.83. The van der Waals surface area contributed by atoms with Crippen molar-refractivity contribution >= 4 is 16.2 Å². The minimum atomic E-state index is -5.72. The number of hydrogen-bond acceptors (Lipinski definition) is 6. The van der Waals surface area contributed by atoms with Crippen molar-refractivity contribution in [3.8, 4) is 5.75 Å². The number of allylic oxidation sites excluding steroid dienone is 1. The first-order chi connectivity index (χ1) is 17.4. The molecule has 1 aliphatic carbocycles. The molecule has 0 radical (unpaired) electrons. The number of ether oxygens (including phenoxy) is 2. The minimum Gasteiger partial charge on any atom is -0.489 e. The maximum Gasteiger partial charge on any atom is 0.534 e. The van der Waals surface area contributed by atoms with Gasteiger partial charge in [-0.15, -0.1) is 0 Å². The molecule has 1 aliphatic heterocycles. The molecule has 2 aliphatic rings. The molecule has 1 fully saturated rings. The van der Waals surface area contributed by atoms with Crippen LogP contribution in [0.4, 0.5) is 22.4 Å². The average molecular weight is 552 g/mol. The quantitative estimate of drug-likeness (QED) is 0.199. The van der Waals surface area contributed by atoms with Crippen molar-refractivity contribution in [2.45, 2.75) is 83.0 Å². The number of hydrogen-bond donors (Lipinski definition) is 0. The number of rotatable bonds is 9. The summed E-state index contributed by atoms with van der Waals surface area (Å²) in [7, 11) is -5.72. The first-order valence-corrected chi connectivity index (χ1v) is 13.9. The molecule has 208 valence electrons. The van der Waals surface area contributed by atoms with Crippen molar-refractivity contribution in [1.82, 2.24) is 4.90 Å². The zero-order valence-electron chi connectivity index (χ0n) is 21.0. The number of likely N-dealkylation sites (tertiary alicyclic amines) is 1. The van der Waals surface area contributed by atoms with Gasteiger partial charge in [0.05, 0.1) is 0 Å². The van der Waals surface area contributed by atoms with Crippen LogP contribution in [0, 0.1) is 6.92 Å². The van der Waals surface area contributed by atoms with Crippen molar-refractivity contribution < 1.29 is 44.4 Å². The molecular weight excluding hydrogens is 518 g/mol. The Morgan fingerprint density at radius 3 is 2.46 bits per heavy atom. The highest BCUT2D eigenvalue weighted by atomic mass is 32.2. The van der Waals surface area contributed by atoms with Gasteiger partial charge in [-0.25, -0.2) is 9.18 Å². The van der Waals surface area contributed by atoms with E-state index in [0.717, 1.165) is 11.1 Å². The number of carbonyl (C=O) groups is 1. The fourth-order valence-electron chi connectivity index (χ4n) is 4.49. The fraction of sp³-hybridized carbons (Fsp3) is 0.640. The first-order valence-electron chi connectivity index (χ1n) is 12.5. The summed E-state index contributed by atoms with van der Waals surface area (Å²) in [6.45, 7) is 4.50. The summed E-state index contributed by atoms with van der Waals surface area (Å²) in [6, 6.07) is 5.65. The molecule has 0 spiro atoms. The summed E-state index contributed by atoms with van der Waals surface area (Å²) in [5.74, 6) is 0.532. The normalized spacial score (nSPS) is 18.5. The van der Waals surface area contributed by atoms with E-state index in [1.807, 2.05) is 26.0 Å². The highest BCUT2D eigenvalue weighted by Crippen LogP contribution is 2.34. The number of halogens is 4. The van der Waals surface area contributed by atoms with Crippen LogP contribution in [-0.4, -0.2) is 51.0 Å². The van der Waals surface area contributed by atoms with Crippen molar-refractivity contribution in [3.05, 3.63) is 40.7 Å². The third-order valence-corrected chi connectivity index (χ3v) is 7.58. The van der Waals surface area contributed by atoms with Crippen LogP contribution in [-0.2, 0) is 19.0 Å². The molecule has 1 atom stereocenters. The lowest BCUT2D eigenvalue weighted by atomic mass is 9.88. The van der Waals surface area contributed by atoms with Gasteiger partial charge >= 0.3 is 21.7 Å². The lowest BCUT2D eigenvalue weighted by Crippen LogP contribution is -2.39. The predicted octanol–water partition coefficient (Wildman–Crippen LogP) is 6.48. The van der Waals surface area contributed by atoms with Gasteiger partial charge in [-0.05, 0) is 68.6 Å². The summed E-state index contributed by atoms with van der Waals surface area (Å²) in [5.41, 5.74) is -3.21. The highest BCUT2D eigenvalue weighted by molar-refractivity contribution is 7.87. The molecule has 0 saturated carbocycles. The lowest BCUT2D eigenvalue weighted by molar-refractivity contribution is -0.0525.